The summed E-state index contributed by atoms with van der Waals surface area (Å²) in [6, 6.07) is 16.1. The van der Waals surface area contributed by atoms with Crippen LogP contribution >= 0.6 is 15.9 Å². The van der Waals surface area contributed by atoms with Gasteiger partial charge in [0, 0.05) is 16.6 Å². The summed E-state index contributed by atoms with van der Waals surface area (Å²) in [7, 11) is 4.48. The molecule has 0 aliphatic carbocycles. The lowest BCUT2D eigenvalue weighted by molar-refractivity contribution is -0.890. The lowest BCUT2D eigenvalue weighted by Gasteiger charge is -2.29. The molecule has 118 valence electrons. The van der Waals surface area contributed by atoms with E-state index < -0.39 is 0 Å². The number of benzene rings is 2. The third-order valence-electron chi connectivity index (χ3n) is 3.76. The average Bonchev–Trinajstić information content (AvgIpc) is 2.49. The Bertz CT molecular complexity index is 579. The third-order valence-corrected chi connectivity index (χ3v) is 4.29. The van der Waals surface area contributed by atoms with Crippen LogP contribution in [0.3, 0.4) is 0 Å². The normalized spacial score (nSPS) is 11.4. The quantitative estimate of drug-likeness (QED) is 0.600. The van der Waals surface area contributed by atoms with Crippen molar-refractivity contribution in [3.8, 4) is 5.75 Å². The Kier molecular flexibility index (Phi) is 5.86. The highest BCUT2D eigenvalue weighted by Crippen LogP contribution is 2.14. The first-order valence-corrected chi connectivity index (χ1v) is 8.29. The van der Waals surface area contributed by atoms with Gasteiger partial charge in [-0.25, -0.2) is 0 Å². The predicted octanol–water partition coefficient (Wildman–Crippen LogP) is 3.73. The predicted molar refractivity (Wildman–Crippen MR) is 96.0 cm³/mol. The number of anilines is 1. The number of nitrogen functional groups attached to an aromatic ring is 1. The Balaban J connectivity index is 1.75. The van der Waals surface area contributed by atoms with Crippen molar-refractivity contribution in [2.45, 2.75) is 6.42 Å². The van der Waals surface area contributed by atoms with Gasteiger partial charge in [-0.15, -0.1) is 0 Å². The minimum atomic E-state index is 0.706. The molecule has 2 N–H and O–H groups in total. The van der Waals surface area contributed by atoms with Crippen molar-refractivity contribution in [2.24, 2.45) is 0 Å². The molecular formula is C18H24BrN2O+. The molecule has 0 amide bonds. The summed E-state index contributed by atoms with van der Waals surface area (Å²) in [5.74, 6) is 0.877. The second-order valence-corrected chi connectivity index (χ2v) is 7.09. The number of nitrogens with zero attached hydrogens (tertiary/aromatic N) is 1. The average molecular weight is 364 g/mol. The van der Waals surface area contributed by atoms with E-state index in [9.17, 15) is 0 Å². The van der Waals surface area contributed by atoms with Gasteiger partial charge >= 0.3 is 0 Å². The molecule has 2 aromatic carbocycles. The van der Waals surface area contributed by atoms with Gasteiger partial charge in [0.2, 0.25) is 0 Å². The molecule has 4 heteroatoms. The maximum atomic E-state index is 5.79. The molecular weight excluding hydrogens is 340 g/mol. The maximum Gasteiger partial charge on any atom is 0.137 e. The molecule has 3 nitrogen and oxygen atoms in total. The first-order chi connectivity index (χ1) is 10.4. The van der Waals surface area contributed by atoms with Gasteiger partial charge in [0.25, 0.3) is 0 Å². The number of hydrogen-bond donors (Lipinski definition) is 1. The highest BCUT2D eigenvalue weighted by Gasteiger charge is 2.15. The van der Waals surface area contributed by atoms with Crippen LogP contribution in [0.2, 0.25) is 0 Å². The van der Waals surface area contributed by atoms with E-state index in [1.807, 2.05) is 24.3 Å². The molecule has 0 aliphatic rings. The van der Waals surface area contributed by atoms with Crippen molar-refractivity contribution < 1.29 is 9.22 Å². The van der Waals surface area contributed by atoms with Crippen LogP contribution in [-0.2, 0) is 6.42 Å². The molecule has 0 bridgehead atoms. The lowest BCUT2D eigenvalue weighted by Crippen LogP contribution is -2.44. The Hall–Kier alpha value is -1.52. The van der Waals surface area contributed by atoms with Crippen molar-refractivity contribution >= 4 is 21.6 Å². The Morgan fingerprint density at radius 2 is 1.59 bits per heavy atom. The SMILES string of the molecule is C[N+](C)(CCOc1ccc(N)cc1)CCc1ccc(Br)cc1. The van der Waals surface area contributed by atoms with E-state index in [-0.39, 0.29) is 0 Å². The Morgan fingerprint density at radius 1 is 0.955 bits per heavy atom. The minimum Gasteiger partial charge on any atom is -0.488 e. The van der Waals surface area contributed by atoms with E-state index in [1.165, 1.54) is 5.56 Å². The molecule has 0 unspecified atom stereocenters. The molecule has 0 radical (unpaired) electrons. The molecule has 0 saturated heterocycles. The molecule has 0 aliphatic heterocycles. The molecule has 0 aromatic heterocycles. The first kappa shape index (κ1) is 16.8. The third kappa shape index (κ3) is 5.70. The van der Waals surface area contributed by atoms with Crippen LogP contribution in [0.4, 0.5) is 5.69 Å². The van der Waals surface area contributed by atoms with Crippen molar-refractivity contribution in [3.05, 3.63) is 58.6 Å². The number of ether oxygens (including phenoxy) is 1. The summed E-state index contributed by atoms with van der Waals surface area (Å²) in [6.07, 6.45) is 1.07. The van der Waals surface area contributed by atoms with Crippen LogP contribution in [0, 0.1) is 0 Å². The van der Waals surface area contributed by atoms with Gasteiger partial charge in [0.1, 0.15) is 18.9 Å². The zero-order valence-corrected chi connectivity index (χ0v) is 14.8. The van der Waals surface area contributed by atoms with E-state index >= 15 is 0 Å². The topological polar surface area (TPSA) is 35.2 Å². The van der Waals surface area contributed by atoms with Crippen LogP contribution in [0.1, 0.15) is 5.56 Å². The molecule has 0 fully saturated rings. The highest BCUT2D eigenvalue weighted by atomic mass is 79.9. The van der Waals surface area contributed by atoms with Gasteiger partial charge in [-0.05, 0) is 42.0 Å². The van der Waals surface area contributed by atoms with Gasteiger partial charge in [0.05, 0.1) is 20.6 Å². The smallest absolute Gasteiger partial charge is 0.137 e. The second kappa shape index (κ2) is 7.65. The zero-order valence-electron chi connectivity index (χ0n) is 13.3. The zero-order chi connectivity index (χ0) is 16.0. The molecule has 2 aromatic rings. The number of nitrogens with two attached hydrogens (primary N) is 1. The van der Waals surface area contributed by atoms with Gasteiger partial charge < -0.3 is 15.0 Å². The Labute approximate surface area is 141 Å². The number of hydrogen-bond acceptors (Lipinski definition) is 2. The Morgan fingerprint density at radius 3 is 2.23 bits per heavy atom. The fraction of sp³-hybridized carbons (Fsp3) is 0.333. The van der Waals surface area contributed by atoms with Gasteiger partial charge in [-0.3, -0.25) is 0 Å². The van der Waals surface area contributed by atoms with E-state index in [0.29, 0.717) is 6.61 Å². The lowest BCUT2D eigenvalue weighted by atomic mass is 10.1. The fourth-order valence-corrected chi connectivity index (χ4v) is 2.43. The molecule has 2 rings (SSSR count). The highest BCUT2D eigenvalue weighted by molar-refractivity contribution is 9.10. The monoisotopic (exact) mass is 363 g/mol. The maximum absolute atomic E-state index is 5.79. The van der Waals surface area contributed by atoms with Crippen molar-refractivity contribution in [1.29, 1.82) is 0 Å². The minimum absolute atomic E-state index is 0.706. The number of halogens is 1. The number of quaternary nitrogens is 1. The standard InChI is InChI=1S/C18H24BrN2O/c1-21(2,12-11-15-3-5-16(19)6-4-15)13-14-22-18-9-7-17(20)8-10-18/h3-10H,11-14,20H2,1-2H3/q+1. The number of rotatable bonds is 7. The molecule has 0 spiro atoms. The van der Waals surface area contributed by atoms with Crippen molar-refractivity contribution in [1.82, 2.24) is 0 Å². The van der Waals surface area contributed by atoms with E-state index in [0.717, 1.165) is 39.9 Å². The summed E-state index contributed by atoms with van der Waals surface area (Å²) in [5, 5.41) is 0. The molecule has 0 atom stereocenters. The van der Waals surface area contributed by atoms with Gasteiger partial charge in [-0.1, -0.05) is 28.1 Å². The van der Waals surface area contributed by atoms with E-state index in [1.54, 1.807) is 0 Å². The molecule has 22 heavy (non-hydrogen) atoms. The van der Waals surface area contributed by atoms with Gasteiger partial charge in [0.15, 0.2) is 0 Å². The summed E-state index contributed by atoms with van der Waals surface area (Å²) in [6.45, 7) is 2.77. The molecule has 0 heterocycles. The molecule has 0 saturated carbocycles. The van der Waals surface area contributed by atoms with E-state index in [2.05, 4.69) is 54.3 Å². The van der Waals surface area contributed by atoms with Crippen LogP contribution in [0.5, 0.6) is 5.75 Å². The second-order valence-electron chi connectivity index (χ2n) is 6.18. The van der Waals surface area contributed by atoms with E-state index in [4.69, 9.17) is 10.5 Å². The van der Waals surface area contributed by atoms with Crippen molar-refractivity contribution in [2.75, 3.05) is 39.5 Å². The summed E-state index contributed by atoms with van der Waals surface area (Å²) in [4.78, 5) is 0. The van der Waals surface area contributed by atoms with Crippen LogP contribution < -0.4 is 10.5 Å². The van der Waals surface area contributed by atoms with Crippen LogP contribution in [0.25, 0.3) is 0 Å². The van der Waals surface area contributed by atoms with Crippen LogP contribution in [-0.4, -0.2) is 38.3 Å². The van der Waals surface area contributed by atoms with Crippen LogP contribution in [0.15, 0.2) is 53.0 Å². The summed E-state index contributed by atoms with van der Waals surface area (Å²) in [5.41, 5.74) is 7.80. The largest absolute Gasteiger partial charge is 0.488 e. The van der Waals surface area contributed by atoms with Gasteiger partial charge in [-0.2, -0.15) is 0 Å². The van der Waals surface area contributed by atoms with Crippen molar-refractivity contribution in [3.63, 3.8) is 0 Å². The summed E-state index contributed by atoms with van der Waals surface area (Å²) >= 11 is 3.47. The summed E-state index contributed by atoms with van der Waals surface area (Å²) < 4.78 is 7.85. The first-order valence-electron chi connectivity index (χ1n) is 7.49. The number of likely N-dealkylation sites (N-methyl/N-ethyl adjacent to an activating group) is 1. The fourth-order valence-electron chi connectivity index (χ4n) is 2.17.